The molecule has 7 heteroatoms. The van der Waals surface area contributed by atoms with Crippen molar-refractivity contribution in [3.8, 4) is 0 Å². The topological polar surface area (TPSA) is 67.7 Å². The molecule has 0 N–H and O–H groups in total. The van der Waals surface area contributed by atoms with Crippen LogP contribution in [-0.4, -0.2) is 69.8 Å². The number of carbonyl (C=O) groups is 2. The summed E-state index contributed by atoms with van der Waals surface area (Å²) in [5.41, 5.74) is 2.97. The second kappa shape index (κ2) is 6.68. The zero-order valence-electron chi connectivity index (χ0n) is 15.9. The molecule has 0 bridgehead atoms. The Labute approximate surface area is 154 Å². The molecule has 4 rings (SSSR count). The third-order valence-electron chi connectivity index (χ3n) is 6.16. The summed E-state index contributed by atoms with van der Waals surface area (Å²) in [6.45, 7) is 6.36. The second-order valence-corrected chi connectivity index (χ2v) is 7.71. The van der Waals surface area contributed by atoms with Gasteiger partial charge in [0.15, 0.2) is 0 Å². The molecule has 0 spiro atoms. The molecule has 7 nitrogen and oxygen atoms in total. The molecule has 2 saturated heterocycles. The number of ether oxygens (including phenoxy) is 1. The third kappa shape index (κ3) is 2.73. The molecule has 2 fully saturated rings. The summed E-state index contributed by atoms with van der Waals surface area (Å²) in [6, 6.07) is 0.118. The SMILES string of the molecule is CCOC(C)C(=O)N1C[C@@H]2CCN(C(=O)c3c4c(nn3C)CCC4)[C@@H]2C1. The number of amides is 2. The molecule has 3 aliphatic rings. The lowest BCUT2D eigenvalue weighted by atomic mass is 10.0. The molecule has 26 heavy (non-hydrogen) atoms. The first kappa shape index (κ1) is 17.5. The van der Waals surface area contributed by atoms with Gasteiger partial charge in [-0.3, -0.25) is 14.3 Å². The smallest absolute Gasteiger partial charge is 0.272 e. The Balaban J connectivity index is 1.50. The third-order valence-corrected chi connectivity index (χ3v) is 6.16. The summed E-state index contributed by atoms with van der Waals surface area (Å²) >= 11 is 0. The van der Waals surface area contributed by atoms with Gasteiger partial charge < -0.3 is 14.5 Å². The summed E-state index contributed by atoms with van der Waals surface area (Å²) in [7, 11) is 1.87. The Morgan fingerprint density at radius 2 is 2.12 bits per heavy atom. The number of likely N-dealkylation sites (tertiary alicyclic amines) is 2. The van der Waals surface area contributed by atoms with Gasteiger partial charge in [-0.1, -0.05) is 0 Å². The summed E-state index contributed by atoms with van der Waals surface area (Å²) in [4.78, 5) is 29.7. The van der Waals surface area contributed by atoms with Crippen LogP contribution in [-0.2, 0) is 29.4 Å². The van der Waals surface area contributed by atoms with Crippen molar-refractivity contribution in [2.75, 3.05) is 26.2 Å². The highest BCUT2D eigenvalue weighted by Crippen LogP contribution is 2.34. The van der Waals surface area contributed by atoms with Crippen molar-refractivity contribution >= 4 is 11.8 Å². The fourth-order valence-corrected chi connectivity index (χ4v) is 4.90. The van der Waals surface area contributed by atoms with Gasteiger partial charge in [0.25, 0.3) is 11.8 Å². The van der Waals surface area contributed by atoms with Crippen molar-refractivity contribution in [2.45, 2.75) is 51.7 Å². The van der Waals surface area contributed by atoms with E-state index in [1.807, 2.05) is 30.7 Å². The largest absolute Gasteiger partial charge is 0.369 e. The van der Waals surface area contributed by atoms with Crippen LogP contribution in [0.4, 0.5) is 0 Å². The minimum atomic E-state index is -0.414. The van der Waals surface area contributed by atoms with E-state index in [0.29, 0.717) is 19.1 Å². The van der Waals surface area contributed by atoms with Crippen molar-refractivity contribution in [1.29, 1.82) is 0 Å². The number of hydrogen-bond donors (Lipinski definition) is 0. The molecule has 0 radical (unpaired) electrons. The molecule has 2 amide bonds. The molecule has 2 aliphatic heterocycles. The Hall–Kier alpha value is -1.89. The molecule has 1 aromatic rings. The van der Waals surface area contributed by atoms with Gasteiger partial charge in [0.2, 0.25) is 0 Å². The van der Waals surface area contributed by atoms with E-state index in [1.165, 1.54) is 0 Å². The lowest BCUT2D eigenvalue weighted by Crippen LogP contribution is -2.43. The van der Waals surface area contributed by atoms with Crippen molar-refractivity contribution in [2.24, 2.45) is 13.0 Å². The average molecular weight is 360 g/mol. The zero-order chi connectivity index (χ0) is 18.4. The molecule has 142 valence electrons. The van der Waals surface area contributed by atoms with Crippen molar-refractivity contribution in [3.63, 3.8) is 0 Å². The highest BCUT2D eigenvalue weighted by atomic mass is 16.5. The second-order valence-electron chi connectivity index (χ2n) is 7.71. The zero-order valence-corrected chi connectivity index (χ0v) is 15.9. The normalized spacial score (nSPS) is 25.5. The van der Waals surface area contributed by atoms with Gasteiger partial charge in [0.1, 0.15) is 11.8 Å². The minimum absolute atomic E-state index is 0.0371. The van der Waals surface area contributed by atoms with E-state index in [1.54, 1.807) is 4.68 Å². The van der Waals surface area contributed by atoms with Gasteiger partial charge in [-0.25, -0.2) is 0 Å². The fraction of sp³-hybridized carbons (Fsp3) is 0.737. The Kier molecular flexibility index (Phi) is 4.50. The van der Waals surface area contributed by atoms with E-state index in [9.17, 15) is 9.59 Å². The summed E-state index contributed by atoms with van der Waals surface area (Å²) < 4.78 is 7.21. The van der Waals surface area contributed by atoms with Crippen LogP contribution >= 0.6 is 0 Å². The van der Waals surface area contributed by atoms with Gasteiger partial charge >= 0.3 is 0 Å². The minimum Gasteiger partial charge on any atom is -0.369 e. The first-order valence-corrected chi connectivity index (χ1v) is 9.77. The number of rotatable bonds is 4. The molecule has 0 saturated carbocycles. The summed E-state index contributed by atoms with van der Waals surface area (Å²) in [6.07, 6.45) is 3.55. The van der Waals surface area contributed by atoms with Crippen LogP contribution in [0, 0.1) is 5.92 Å². The van der Waals surface area contributed by atoms with Gasteiger partial charge in [0.05, 0.1) is 11.7 Å². The first-order chi connectivity index (χ1) is 12.5. The van der Waals surface area contributed by atoms with Gasteiger partial charge in [-0.2, -0.15) is 5.10 Å². The summed E-state index contributed by atoms with van der Waals surface area (Å²) in [5, 5.41) is 4.54. The van der Waals surface area contributed by atoms with Gasteiger partial charge in [-0.05, 0) is 39.5 Å². The van der Waals surface area contributed by atoms with Gasteiger partial charge in [0, 0.05) is 44.8 Å². The van der Waals surface area contributed by atoms with Crippen molar-refractivity contribution in [3.05, 3.63) is 17.0 Å². The van der Waals surface area contributed by atoms with E-state index < -0.39 is 6.10 Å². The van der Waals surface area contributed by atoms with E-state index in [-0.39, 0.29) is 17.9 Å². The van der Waals surface area contributed by atoms with Crippen molar-refractivity contribution < 1.29 is 14.3 Å². The van der Waals surface area contributed by atoms with Crippen LogP contribution < -0.4 is 0 Å². The van der Waals surface area contributed by atoms with E-state index in [0.717, 1.165) is 55.7 Å². The lowest BCUT2D eigenvalue weighted by Gasteiger charge is -2.26. The number of nitrogens with zero attached hydrogens (tertiary/aromatic N) is 4. The predicted molar refractivity (Wildman–Crippen MR) is 95.8 cm³/mol. The quantitative estimate of drug-likeness (QED) is 0.804. The van der Waals surface area contributed by atoms with Crippen LogP contribution in [0.2, 0.25) is 0 Å². The van der Waals surface area contributed by atoms with Crippen LogP contribution in [0.25, 0.3) is 0 Å². The first-order valence-electron chi connectivity index (χ1n) is 9.77. The van der Waals surface area contributed by atoms with Crippen molar-refractivity contribution in [1.82, 2.24) is 19.6 Å². The van der Waals surface area contributed by atoms with Crippen LogP contribution in [0.3, 0.4) is 0 Å². The Bertz CT molecular complexity index is 729. The summed E-state index contributed by atoms with van der Waals surface area (Å²) in [5.74, 6) is 0.496. The standard InChI is InChI=1S/C19H28N4O3/c1-4-26-12(2)18(24)22-10-13-8-9-23(16(13)11-22)19(25)17-14-6-5-7-15(14)20-21(17)3/h12-13,16H,4-11H2,1-3H3/t12?,13-,16+/m0/s1. The van der Waals surface area contributed by atoms with E-state index in [2.05, 4.69) is 5.10 Å². The molecule has 0 aromatic carbocycles. The number of aromatic nitrogens is 2. The Morgan fingerprint density at radius 1 is 1.31 bits per heavy atom. The maximum atomic E-state index is 13.3. The van der Waals surface area contributed by atoms with Crippen LogP contribution in [0.15, 0.2) is 0 Å². The van der Waals surface area contributed by atoms with Crippen LogP contribution in [0.1, 0.15) is 48.4 Å². The molecule has 1 unspecified atom stereocenters. The number of hydrogen-bond acceptors (Lipinski definition) is 4. The van der Waals surface area contributed by atoms with E-state index in [4.69, 9.17) is 4.74 Å². The highest BCUT2D eigenvalue weighted by Gasteiger charge is 2.46. The molecule has 3 atom stereocenters. The predicted octanol–water partition coefficient (Wildman–Crippen LogP) is 1.01. The monoisotopic (exact) mass is 360 g/mol. The van der Waals surface area contributed by atoms with Crippen LogP contribution in [0.5, 0.6) is 0 Å². The average Bonchev–Trinajstić information content (AvgIpc) is 3.33. The lowest BCUT2D eigenvalue weighted by molar-refractivity contribution is -0.141. The molecular formula is C19H28N4O3. The molecule has 3 heterocycles. The van der Waals surface area contributed by atoms with E-state index >= 15 is 0 Å². The Morgan fingerprint density at radius 3 is 2.88 bits per heavy atom. The maximum absolute atomic E-state index is 13.3. The number of aryl methyl sites for hydroxylation is 2. The molecule has 1 aromatic heterocycles. The molecule has 1 aliphatic carbocycles. The maximum Gasteiger partial charge on any atom is 0.272 e. The fourth-order valence-electron chi connectivity index (χ4n) is 4.90. The number of carbonyl (C=O) groups excluding carboxylic acids is 2. The van der Waals surface area contributed by atoms with Gasteiger partial charge in [-0.15, -0.1) is 0 Å². The number of fused-ring (bicyclic) bond motifs is 2. The highest BCUT2D eigenvalue weighted by molar-refractivity contribution is 5.95. The molecular weight excluding hydrogens is 332 g/mol.